The van der Waals surface area contributed by atoms with Crippen molar-refractivity contribution in [1.82, 2.24) is 10.2 Å². The molecule has 2 atom stereocenters. The topological polar surface area (TPSA) is 78.7 Å². The largest absolute Gasteiger partial charge is 0.360 e. The highest BCUT2D eigenvalue weighted by Crippen LogP contribution is 2.27. The molecule has 0 aliphatic carbocycles. The number of hydrogen-bond acceptors (Lipinski definition) is 5. The SMILES string of the molecule is CN(CC(=O)N1CCC2CCC(C1)N2)c1ccccc1[N+](=O)[O-].Cl. The summed E-state index contributed by atoms with van der Waals surface area (Å²) in [4.78, 5) is 26.8. The van der Waals surface area contributed by atoms with Gasteiger partial charge < -0.3 is 15.1 Å². The highest BCUT2D eigenvalue weighted by atomic mass is 35.5. The summed E-state index contributed by atoms with van der Waals surface area (Å²) in [5, 5.41) is 14.7. The number of hydrogen-bond donors (Lipinski definition) is 1. The molecule has 132 valence electrons. The van der Waals surface area contributed by atoms with Crippen LogP contribution in [0.3, 0.4) is 0 Å². The third kappa shape index (κ3) is 3.96. The lowest BCUT2D eigenvalue weighted by molar-refractivity contribution is -0.384. The van der Waals surface area contributed by atoms with E-state index in [2.05, 4.69) is 5.32 Å². The third-order valence-corrected chi connectivity index (χ3v) is 4.74. The second kappa shape index (κ2) is 7.81. The molecule has 0 saturated carbocycles. The van der Waals surface area contributed by atoms with Crippen LogP contribution in [0.1, 0.15) is 19.3 Å². The third-order valence-electron chi connectivity index (χ3n) is 4.74. The van der Waals surface area contributed by atoms with Crippen molar-refractivity contribution in [2.24, 2.45) is 0 Å². The fourth-order valence-electron chi connectivity index (χ4n) is 3.50. The first-order valence-corrected chi connectivity index (χ1v) is 8.03. The molecule has 2 bridgehead atoms. The molecule has 1 amide bonds. The number of para-hydroxylation sites is 2. The monoisotopic (exact) mass is 354 g/mol. The number of amides is 1. The van der Waals surface area contributed by atoms with Crippen LogP contribution >= 0.6 is 12.4 Å². The molecule has 3 rings (SSSR count). The number of benzene rings is 1. The van der Waals surface area contributed by atoms with Gasteiger partial charge in [0.15, 0.2) is 0 Å². The van der Waals surface area contributed by atoms with Gasteiger partial charge in [-0.2, -0.15) is 0 Å². The molecule has 1 aromatic carbocycles. The molecule has 24 heavy (non-hydrogen) atoms. The van der Waals surface area contributed by atoms with Crippen molar-refractivity contribution in [3.63, 3.8) is 0 Å². The van der Waals surface area contributed by atoms with Crippen molar-refractivity contribution in [2.75, 3.05) is 31.6 Å². The summed E-state index contributed by atoms with van der Waals surface area (Å²) >= 11 is 0. The molecule has 2 saturated heterocycles. The number of rotatable bonds is 4. The average Bonchev–Trinajstić information content (AvgIpc) is 2.86. The van der Waals surface area contributed by atoms with E-state index in [0.717, 1.165) is 25.9 Å². The van der Waals surface area contributed by atoms with Gasteiger partial charge in [-0.25, -0.2) is 0 Å². The van der Waals surface area contributed by atoms with Crippen LogP contribution in [0, 0.1) is 10.1 Å². The molecule has 1 N–H and O–H groups in total. The molecule has 2 heterocycles. The molecule has 0 radical (unpaired) electrons. The van der Waals surface area contributed by atoms with Crippen molar-refractivity contribution in [2.45, 2.75) is 31.3 Å². The van der Waals surface area contributed by atoms with Gasteiger partial charge in [-0.1, -0.05) is 12.1 Å². The number of nitro groups is 1. The van der Waals surface area contributed by atoms with E-state index in [4.69, 9.17) is 0 Å². The van der Waals surface area contributed by atoms with Crippen LogP contribution in [0.2, 0.25) is 0 Å². The van der Waals surface area contributed by atoms with Crippen molar-refractivity contribution in [3.05, 3.63) is 34.4 Å². The molecular weight excluding hydrogens is 332 g/mol. The Labute approximate surface area is 147 Å². The van der Waals surface area contributed by atoms with Crippen LogP contribution in [-0.2, 0) is 4.79 Å². The second-order valence-corrected chi connectivity index (χ2v) is 6.37. The molecule has 2 aliphatic heterocycles. The minimum atomic E-state index is -0.412. The zero-order chi connectivity index (χ0) is 16.4. The minimum absolute atomic E-state index is 0. The Balaban J connectivity index is 0.00000208. The highest BCUT2D eigenvalue weighted by molar-refractivity contribution is 5.85. The Hall–Kier alpha value is -1.86. The summed E-state index contributed by atoms with van der Waals surface area (Å²) in [5.41, 5.74) is 0.500. The van der Waals surface area contributed by atoms with Gasteiger partial charge >= 0.3 is 0 Å². The maximum atomic E-state index is 12.6. The van der Waals surface area contributed by atoms with Gasteiger partial charge in [-0.3, -0.25) is 14.9 Å². The van der Waals surface area contributed by atoms with Gasteiger partial charge in [0.2, 0.25) is 5.91 Å². The Bertz CT molecular complexity index is 613. The zero-order valence-corrected chi connectivity index (χ0v) is 14.5. The minimum Gasteiger partial charge on any atom is -0.360 e. The maximum Gasteiger partial charge on any atom is 0.292 e. The molecule has 1 aromatic rings. The number of likely N-dealkylation sites (tertiary alicyclic amines) is 1. The van der Waals surface area contributed by atoms with Crippen LogP contribution in [0.4, 0.5) is 11.4 Å². The Morgan fingerprint density at radius 3 is 2.79 bits per heavy atom. The molecule has 7 nitrogen and oxygen atoms in total. The number of carbonyl (C=O) groups is 1. The number of nitrogens with one attached hydrogen (secondary N) is 1. The summed E-state index contributed by atoms with van der Waals surface area (Å²) in [6.45, 7) is 1.65. The van der Waals surface area contributed by atoms with Gasteiger partial charge in [0.05, 0.1) is 11.5 Å². The van der Waals surface area contributed by atoms with E-state index >= 15 is 0 Å². The fourth-order valence-corrected chi connectivity index (χ4v) is 3.50. The van der Waals surface area contributed by atoms with Crippen molar-refractivity contribution < 1.29 is 9.72 Å². The predicted molar refractivity (Wildman–Crippen MR) is 94.8 cm³/mol. The van der Waals surface area contributed by atoms with Crippen LogP contribution < -0.4 is 10.2 Å². The molecule has 0 spiro atoms. The standard InChI is InChI=1S/C16H22N4O3.ClH/c1-18(14-4-2-3-5-15(14)20(22)23)11-16(21)19-9-8-12-6-7-13(10-19)17-12;/h2-5,12-13,17H,6-11H2,1H3;1H. The number of nitrogens with zero attached hydrogens (tertiary/aromatic N) is 3. The lowest BCUT2D eigenvalue weighted by Crippen LogP contribution is -2.43. The van der Waals surface area contributed by atoms with Gasteiger partial charge in [0.1, 0.15) is 5.69 Å². The highest BCUT2D eigenvalue weighted by Gasteiger charge is 2.31. The van der Waals surface area contributed by atoms with E-state index < -0.39 is 4.92 Å². The normalized spacial score (nSPS) is 22.5. The first kappa shape index (κ1) is 18.5. The molecule has 2 fully saturated rings. The lowest BCUT2D eigenvalue weighted by atomic mass is 10.1. The van der Waals surface area contributed by atoms with E-state index in [0.29, 0.717) is 17.8 Å². The number of likely N-dealkylation sites (N-methyl/N-ethyl adjacent to an activating group) is 1. The van der Waals surface area contributed by atoms with Gasteiger partial charge in [0, 0.05) is 38.3 Å². The molecule has 2 aliphatic rings. The summed E-state index contributed by atoms with van der Waals surface area (Å²) in [5.74, 6) is 0.0278. The Kier molecular flexibility index (Phi) is 6.01. The molecule has 8 heteroatoms. The van der Waals surface area contributed by atoms with Gasteiger partial charge in [-0.15, -0.1) is 12.4 Å². The molecular formula is C16H23ClN4O3. The predicted octanol–water partition coefficient (Wildman–Crippen LogP) is 1.81. The smallest absolute Gasteiger partial charge is 0.292 e. The van der Waals surface area contributed by atoms with Crippen molar-refractivity contribution in [1.29, 1.82) is 0 Å². The number of nitro benzene ring substituents is 1. The van der Waals surface area contributed by atoms with Crippen LogP contribution in [0.25, 0.3) is 0 Å². The fraction of sp³-hybridized carbons (Fsp3) is 0.562. The summed E-state index contributed by atoms with van der Waals surface area (Å²) in [7, 11) is 1.72. The van der Waals surface area contributed by atoms with Gasteiger partial charge in [-0.05, 0) is 25.3 Å². The summed E-state index contributed by atoms with van der Waals surface area (Å²) in [6, 6.07) is 7.45. The first-order chi connectivity index (χ1) is 11.0. The average molecular weight is 355 g/mol. The summed E-state index contributed by atoms with van der Waals surface area (Å²) < 4.78 is 0. The Morgan fingerprint density at radius 2 is 2.04 bits per heavy atom. The van der Waals surface area contributed by atoms with E-state index in [1.54, 1.807) is 30.1 Å². The number of anilines is 1. The number of carbonyl (C=O) groups excluding carboxylic acids is 1. The first-order valence-electron chi connectivity index (χ1n) is 8.03. The molecule has 0 aromatic heterocycles. The number of fused-ring (bicyclic) bond motifs is 2. The quantitative estimate of drug-likeness (QED) is 0.659. The van der Waals surface area contributed by atoms with E-state index in [1.807, 2.05) is 4.90 Å². The van der Waals surface area contributed by atoms with Crippen LogP contribution in [-0.4, -0.2) is 54.5 Å². The Morgan fingerprint density at radius 1 is 1.33 bits per heavy atom. The van der Waals surface area contributed by atoms with Crippen molar-refractivity contribution >= 4 is 29.7 Å². The van der Waals surface area contributed by atoms with Gasteiger partial charge in [0.25, 0.3) is 5.69 Å². The summed E-state index contributed by atoms with van der Waals surface area (Å²) in [6.07, 6.45) is 3.30. The van der Waals surface area contributed by atoms with Crippen LogP contribution in [0.5, 0.6) is 0 Å². The molecule has 2 unspecified atom stereocenters. The lowest BCUT2D eigenvalue weighted by Gasteiger charge is -2.27. The second-order valence-electron chi connectivity index (χ2n) is 6.37. The van der Waals surface area contributed by atoms with Crippen LogP contribution in [0.15, 0.2) is 24.3 Å². The maximum absolute atomic E-state index is 12.6. The zero-order valence-electron chi connectivity index (χ0n) is 13.7. The van der Waals surface area contributed by atoms with Crippen molar-refractivity contribution in [3.8, 4) is 0 Å². The van der Waals surface area contributed by atoms with E-state index in [-0.39, 0.29) is 30.5 Å². The van der Waals surface area contributed by atoms with E-state index in [1.165, 1.54) is 12.5 Å². The number of halogens is 1. The van der Waals surface area contributed by atoms with E-state index in [9.17, 15) is 14.9 Å².